The monoisotopic (exact) mass is 326 g/mol. The topological polar surface area (TPSA) is 78.9 Å². The van der Waals surface area contributed by atoms with Crippen molar-refractivity contribution in [1.29, 1.82) is 0 Å². The van der Waals surface area contributed by atoms with Gasteiger partial charge in [-0.25, -0.2) is 0 Å². The van der Waals surface area contributed by atoms with E-state index in [0.29, 0.717) is 12.8 Å². The molecular formula is C17H26O6. The van der Waals surface area contributed by atoms with Crippen molar-refractivity contribution in [2.24, 2.45) is 23.2 Å². The van der Waals surface area contributed by atoms with E-state index >= 15 is 0 Å². The van der Waals surface area contributed by atoms with Gasteiger partial charge in [0.1, 0.15) is 0 Å². The number of rotatable bonds is 5. The maximum atomic E-state index is 12.6. The molecule has 1 unspecified atom stereocenters. The predicted molar refractivity (Wildman–Crippen MR) is 81.3 cm³/mol. The summed E-state index contributed by atoms with van der Waals surface area (Å²) in [7, 11) is 1.38. The van der Waals surface area contributed by atoms with E-state index in [9.17, 15) is 14.4 Å². The van der Waals surface area contributed by atoms with Gasteiger partial charge in [-0.15, -0.1) is 0 Å². The highest BCUT2D eigenvalue weighted by Gasteiger charge is 2.63. The molecule has 2 aliphatic carbocycles. The predicted octanol–water partition coefficient (Wildman–Crippen LogP) is 2.10. The summed E-state index contributed by atoms with van der Waals surface area (Å²) in [5.41, 5.74) is -1.26. The van der Waals surface area contributed by atoms with Crippen LogP contribution in [0.2, 0.25) is 0 Å². The van der Waals surface area contributed by atoms with Crippen LogP contribution in [0.15, 0.2) is 0 Å². The van der Waals surface area contributed by atoms with Gasteiger partial charge in [0.15, 0.2) is 5.41 Å². The van der Waals surface area contributed by atoms with Crippen LogP contribution in [-0.2, 0) is 28.6 Å². The van der Waals surface area contributed by atoms with Gasteiger partial charge in [0, 0.05) is 0 Å². The molecule has 2 fully saturated rings. The molecule has 130 valence electrons. The first-order chi connectivity index (χ1) is 11.0. The van der Waals surface area contributed by atoms with Crippen LogP contribution in [0.4, 0.5) is 0 Å². The summed E-state index contributed by atoms with van der Waals surface area (Å²) in [4.78, 5) is 37.3. The Morgan fingerprint density at radius 1 is 1.00 bits per heavy atom. The third-order valence-electron chi connectivity index (χ3n) is 5.35. The van der Waals surface area contributed by atoms with E-state index in [1.165, 1.54) is 7.11 Å². The standard InChI is InChI=1S/C17H26O6/c1-4-22-15(19)17(16(20)23-5-2)10-9-11-12(14(18)21-3)7-6-8-13(11)17/h11-13H,4-10H2,1-3H3/t11-,12?,13-/m1/s1. The zero-order valence-electron chi connectivity index (χ0n) is 14.1. The highest BCUT2D eigenvalue weighted by molar-refractivity contribution is 6.01. The van der Waals surface area contributed by atoms with Gasteiger partial charge in [0.05, 0.1) is 26.2 Å². The second kappa shape index (κ2) is 7.32. The van der Waals surface area contributed by atoms with Crippen molar-refractivity contribution >= 4 is 17.9 Å². The first-order valence-electron chi connectivity index (χ1n) is 8.45. The summed E-state index contributed by atoms with van der Waals surface area (Å²) >= 11 is 0. The van der Waals surface area contributed by atoms with Crippen LogP contribution in [0, 0.1) is 23.2 Å². The minimum atomic E-state index is -1.26. The highest BCUT2D eigenvalue weighted by atomic mass is 16.6. The average Bonchev–Trinajstić information content (AvgIpc) is 2.95. The molecule has 0 saturated heterocycles. The van der Waals surface area contributed by atoms with Crippen LogP contribution in [0.3, 0.4) is 0 Å². The lowest BCUT2D eigenvalue weighted by Gasteiger charge is -2.38. The van der Waals surface area contributed by atoms with Gasteiger partial charge in [-0.3, -0.25) is 14.4 Å². The van der Waals surface area contributed by atoms with Crippen LogP contribution in [0.1, 0.15) is 46.0 Å². The number of esters is 3. The summed E-state index contributed by atoms with van der Waals surface area (Å²) < 4.78 is 15.3. The largest absolute Gasteiger partial charge is 0.469 e. The minimum Gasteiger partial charge on any atom is -0.469 e. The zero-order valence-corrected chi connectivity index (χ0v) is 14.1. The fourth-order valence-corrected chi connectivity index (χ4v) is 4.41. The fraction of sp³-hybridized carbons (Fsp3) is 0.824. The summed E-state index contributed by atoms with van der Waals surface area (Å²) in [6.45, 7) is 3.89. The Hall–Kier alpha value is -1.59. The van der Waals surface area contributed by atoms with Gasteiger partial charge in [-0.2, -0.15) is 0 Å². The molecule has 0 aromatic rings. The van der Waals surface area contributed by atoms with Gasteiger partial charge >= 0.3 is 17.9 Å². The molecule has 2 aliphatic rings. The Morgan fingerprint density at radius 2 is 1.61 bits per heavy atom. The van der Waals surface area contributed by atoms with Crippen LogP contribution >= 0.6 is 0 Å². The lowest BCUT2D eigenvalue weighted by Crippen LogP contribution is -2.48. The van der Waals surface area contributed by atoms with Crippen LogP contribution < -0.4 is 0 Å². The molecule has 0 spiro atoms. The molecular weight excluding hydrogens is 300 g/mol. The molecule has 0 aromatic carbocycles. The van der Waals surface area contributed by atoms with Crippen LogP contribution in [0.25, 0.3) is 0 Å². The quantitative estimate of drug-likeness (QED) is 0.437. The Bertz CT molecular complexity index is 454. The molecule has 0 N–H and O–H groups in total. The van der Waals surface area contributed by atoms with Crippen molar-refractivity contribution in [1.82, 2.24) is 0 Å². The Balaban J connectivity index is 2.35. The van der Waals surface area contributed by atoms with Crippen molar-refractivity contribution in [3.8, 4) is 0 Å². The van der Waals surface area contributed by atoms with Crippen molar-refractivity contribution < 1.29 is 28.6 Å². The van der Waals surface area contributed by atoms with Gasteiger partial charge < -0.3 is 14.2 Å². The van der Waals surface area contributed by atoms with Gasteiger partial charge in [-0.1, -0.05) is 6.42 Å². The lowest BCUT2D eigenvalue weighted by molar-refractivity contribution is -0.178. The third kappa shape index (κ3) is 2.95. The first-order valence-corrected chi connectivity index (χ1v) is 8.45. The molecule has 2 rings (SSSR count). The van der Waals surface area contributed by atoms with Crippen LogP contribution in [-0.4, -0.2) is 38.2 Å². The van der Waals surface area contributed by atoms with Crippen LogP contribution in [0.5, 0.6) is 0 Å². The van der Waals surface area contributed by atoms with E-state index in [4.69, 9.17) is 14.2 Å². The molecule has 2 saturated carbocycles. The first kappa shape index (κ1) is 17.8. The molecule has 0 aromatic heterocycles. The minimum absolute atomic E-state index is 0.0231. The van der Waals surface area contributed by atoms with E-state index in [0.717, 1.165) is 19.3 Å². The second-order valence-corrected chi connectivity index (χ2v) is 6.28. The molecule has 23 heavy (non-hydrogen) atoms. The third-order valence-corrected chi connectivity index (χ3v) is 5.35. The summed E-state index contributed by atoms with van der Waals surface area (Å²) in [6, 6.07) is 0. The number of hydrogen-bond acceptors (Lipinski definition) is 6. The maximum Gasteiger partial charge on any atom is 0.323 e. The van der Waals surface area contributed by atoms with Gasteiger partial charge in [0.25, 0.3) is 0 Å². The van der Waals surface area contributed by atoms with Crippen molar-refractivity contribution in [2.75, 3.05) is 20.3 Å². The Labute approximate surface area is 136 Å². The average molecular weight is 326 g/mol. The number of carbonyl (C=O) groups is 3. The number of hydrogen-bond donors (Lipinski definition) is 0. The van der Waals surface area contributed by atoms with E-state index in [2.05, 4.69) is 0 Å². The van der Waals surface area contributed by atoms with E-state index in [-0.39, 0.29) is 36.9 Å². The summed E-state index contributed by atoms with van der Waals surface area (Å²) in [6.07, 6.45) is 3.29. The second-order valence-electron chi connectivity index (χ2n) is 6.28. The molecule has 0 aliphatic heterocycles. The van der Waals surface area contributed by atoms with E-state index < -0.39 is 17.4 Å². The normalized spacial score (nSPS) is 28.6. The smallest absolute Gasteiger partial charge is 0.323 e. The van der Waals surface area contributed by atoms with Crippen molar-refractivity contribution in [3.63, 3.8) is 0 Å². The highest BCUT2D eigenvalue weighted by Crippen LogP contribution is 2.56. The Kier molecular flexibility index (Phi) is 5.65. The Morgan fingerprint density at radius 3 is 2.13 bits per heavy atom. The number of methoxy groups -OCH3 is 1. The van der Waals surface area contributed by atoms with Gasteiger partial charge in [0.2, 0.25) is 0 Å². The molecule has 3 atom stereocenters. The number of fused-ring (bicyclic) bond motifs is 1. The summed E-state index contributed by atoms with van der Waals surface area (Å²) in [5.74, 6) is -1.73. The summed E-state index contributed by atoms with van der Waals surface area (Å²) in [5, 5.41) is 0. The zero-order chi connectivity index (χ0) is 17.0. The SMILES string of the molecule is CCOC(=O)C1(C(=O)OCC)CC[C@@H]2C(C(=O)OC)CCC[C@H]21. The van der Waals surface area contributed by atoms with Crippen molar-refractivity contribution in [3.05, 3.63) is 0 Å². The molecule has 6 heteroatoms. The fourth-order valence-electron chi connectivity index (χ4n) is 4.41. The number of ether oxygens (including phenoxy) is 3. The molecule has 0 heterocycles. The van der Waals surface area contributed by atoms with E-state index in [1.807, 2.05) is 0 Å². The van der Waals surface area contributed by atoms with Crippen molar-refractivity contribution in [2.45, 2.75) is 46.0 Å². The van der Waals surface area contributed by atoms with Gasteiger partial charge in [-0.05, 0) is 51.4 Å². The molecule has 6 nitrogen and oxygen atoms in total. The maximum absolute atomic E-state index is 12.6. The molecule has 0 radical (unpaired) electrons. The lowest BCUT2D eigenvalue weighted by atomic mass is 9.65. The number of carbonyl (C=O) groups excluding carboxylic acids is 3. The van der Waals surface area contributed by atoms with E-state index in [1.54, 1.807) is 13.8 Å². The molecule has 0 bridgehead atoms. The molecule has 0 amide bonds.